The summed E-state index contributed by atoms with van der Waals surface area (Å²) in [4.78, 5) is 0. The van der Waals surface area contributed by atoms with Crippen molar-refractivity contribution in [3.05, 3.63) is 0 Å². The molecule has 0 aromatic rings. The number of nitrogens with zero attached hydrogens (tertiary/aromatic N) is 1. The van der Waals surface area contributed by atoms with Gasteiger partial charge in [0.2, 0.25) is 0 Å². The molecule has 0 aliphatic carbocycles. The van der Waals surface area contributed by atoms with E-state index in [1.54, 1.807) is 0 Å². The zero-order chi connectivity index (χ0) is 26.1. The molecule has 5 heteroatoms. The fraction of sp³-hybridized carbons (Fsp3) is 1.00. The van der Waals surface area contributed by atoms with Crippen molar-refractivity contribution in [2.45, 2.75) is 161 Å². The second-order valence-corrected chi connectivity index (χ2v) is 13.3. The number of quaternary nitrogens is 1. The first kappa shape index (κ1) is 34.9. The van der Waals surface area contributed by atoms with Crippen molar-refractivity contribution < 1.29 is 17.5 Å². The highest BCUT2D eigenvalue weighted by Gasteiger charge is 2.14. The Morgan fingerprint density at radius 3 is 1.00 bits per heavy atom. The van der Waals surface area contributed by atoms with Crippen LogP contribution in [0.2, 0.25) is 0 Å². The third-order valence-corrected chi connectivity index (χ3v) is 8.31. The van der Waals surface area contributed by atoms with Crippen LogP contribution in [0.3, 0.4) is 0 Å². The molecule has 35 heavy (non-hydrogen) atoms. The van der Waals surface area contributed by atoms with Gasteiger partial charge < -0.3 is 9.04 Å². The predicted molar refractivity (Wildman–Crippen MR) is 153 cm³/mol. The molecule has 0 aromatic carbocycles. The van der Waals surface area contributed by atoms with E-state index in [2.05, 4.69) is 21.0 Å². The Hall–Kier alpha value is -0.130. The minimum Gasteiger partial charge on any atom is -0.748 e. The van der Waals surface area contributed by atoms with Crippen LogP contribution in [0.1, 0.15) is 161 Å². The van der Waals surface area contributed by atoms with Crippen molar-refractivity contribution in [1.29, 1.82) is 0 Å². The molecule has 0 aliphatic rings. The summed E-state index contributed by atoms with van der Waals surface area (Å²) in [7, 11) is 0.205. The maximum absolute atomic E-state index is 10.7. The van der Waals surface area contributed by atoms with Crippen LogP contribution >= 0.6 is 0 Å². The third-order valence-electron chi connectivity index (χ3n) is 7.52. The molecule has 0 aromatic heterocycles. The Labute approximate surface area is 221 Å². The molecule has 0 radical (unpaired) electrons. The zero-order valence-electron chi connectivity index (χ0n) is 24.2. The standard InChI is InChI=1S/C30H63NO3S/c1-4-5-6-7-8-9-10-11-12-13-14-15-16-17-18-19-20-21-22-23-24-25-26-28-31(2,3)29-27-30-35(32,33)34/h4-30H2,1-3H3. The van der Waals surface area contributed by atoms with Crippen molar-refractivity contribution in [3.63, 3.8) is 0 Å². The van der Waals surface area contributed by atoms with Crippen LogP contribution in [0.25, 0.3) is 0 Å². The van der Waals surface area contributed by atoms with E-state index in [0.29, 0.717) is 6.42 Å². The third kappa shape index (κ3) is 30.0. The van der Waals surface area contributed by atoms with E-state index in [0.717, 1.165) is 17.6 Å². The molecule has 0 N–H and O–H groups in total. The van der Waals surface area contributed by atoms with Gasteiger partial charge in [0.1, 0.15) is 0 Å². The monoisotopic (exact) mass is 517 g/mol. The maximum Gasteiger partial charge on any atom is 0.0948 e. The topological polar surface area (TPSA) is 57.2 Å². The van der Waals surface area contributed by atoms with E-state index in [9.17, 15) is 13.0 Å². The Morgan fingerprint density at radius 1 is 0.457 bits per heavy atom. The maximum atomic E-state index is 10.7. The van der Waals surface area contributed by atoms with Crippen LogP contribution in [-0.2, 0) is 10.1 Å². The van der Waals surface area contributed by atoms with Crippen molar-refractivity contribution in [2.24, 2.45) is 0 Å². The molecule has 0 amide bonds. The highest BCUT2D eigenvalue weighted by Crippen LogP contribution is 2.15. The van der Waals surface area contributed by atoms with Gasteiger partial charge in [-0.25, -0.2) is 8.42 Å². The van der Waals surface area contributed by atoms with Gasteiger partial charge in [-0.3, -0.25) is 0 Å². The van der Waals surface area contributed by atoms with Crippen LogP contribution in [0.5, 0.6) is 0 Å². The molecule has 0 rings (SSSR count). The largest absolute Gasteiger partial charge is 0.748 e. The summed E-state index contributed by atoms with van der Waals surface area (Å²) in [5.74, 6) is -0.228. The van der Waals surface area contributed by atoms with Gasteiger partial charge >= 0.3 is 0 Å². The van der Waals surface area contributed by atoms with E-state index >= 15 is 0 Å². The van der Waals surface area contributed by atoms with Gasteiger partial charge in [0.15, 0.2) is 0 Å². The van der Waals surface area contributed by atoms with E-state index in [4.69, 9.17) is 0 Å². The molecule has 0 fully saturated rings. The summed E-state index contributed by atoms with van der Waals surface area (Å²) >= 11 is 0. The van der Waals surface area contributed by atoms with Gasteiger partial charge in [-0.05, 0) is 12.8 Å². The molecule has 212 valence electrons. The SMILES string of the molecule is CCCCCCCCCCCCCCCCCCCCCCCCC[N+](C)(C)CCCS(=O)(=O)[O-]. The molecule has 0 saturated carbocycles. The Balaban J connectivity index is 3.22. The minimum atomic E-state index is -4.06. The quantitative estimate of drug-likeness (QED) is 0.0591. The average Bonchev–Trinajstić information content (AvgIpc) is 2.78. The molecule has 0 aliphatic heterocycles. The normalized spacial score (nSPS) is 12.5. The van der Waals surface area contributed by atoms with Crippen molar-refractivity contribution in [3.8, 4) is 0 Å². The Morgan fingerprint density at radius 2 is 0.714 bits per heavy atom. The predicted octanol–water partition coefficient (Wildman–Crippen LogP) is 8.99. The number of hydrogen-bond acceptors (Lipinski definition) is 3. The summed E-state index contributed by atoms with van der Waals surface area (Å²) in [6.07, 6.45) is 32.8. The van der Waals surface area contributed by atoms with Crippen molar-refractivity contribution in [1.82, 2.24) is 0 Å². The lowest BCUT2D eigenvalue weighted by Gasteiger charge is -2.30. The van der Waals surface area contributed by atoms with Gasteiger partial charge in [-0.2, -0.15) is 0 Å². The Kier molecular flexibility index (Phi) is 24.1. The first-order valence-corrected chi connectivity index (χ1v) is 17.1. The van der Waals surface area contributed by atoms with Gasteiger partial charge in [-0.15, -0.1) is 0 Å². The van der Waals surface area contributed by atoms with E-state index in [1.807, 2.05) is 0 Å². The van der Waals surface area contributed by atoms with Crippen LogP contribution < -0.4 is 0 Å². The summed E-state index contributed by atoms with van der Waals surface area (Å²) in [6.45, 7) is 4.12. The van der Waals surface area contributed by atoms with Crippen molar-refractivity contribution in [2.75, 3.05) is 32.9 Å². The van der Waals surface area contributed by atoms with E-state index < -0.39 is 10.1 Å². The smallest absolute Gasteiger partial charge is 0.0948 e. The molecular formula is C30H63NO3S. The Bertz CT molecular complexity index is 534. The van der Waals surface area contributed by atoms with Gasteiger partial charge in [-0.1, -0.05) is 142 Å². The van der Waals surface area contributed by atoms with Crippen LogP contribution in [-0.4, -0.2) is 50.4 Å². The van der Waals surface area contributed by atoms with Crippen LogP contribution in [0, 0.1) is 0 Å². The highest BCUT2D eigenvalue weighted by molar-refractivity contribution is 7.85. The second-order valence-electron chi connectivity index (χ2n) is 11.8. The first-order chi connectivity index (χ1) is 16.8. The molecule has 4 nitrogen and oxygen atoms in total. The van der Waals surface area contributed by atoms with E-state index in [-0.39, 0.29) is 5.75 Å². The summed E-state index contributed by atoms with van der Waals surface area (Å²) in [5, 5.41) is 0. The van der Waals surface area contributed by atoms with Crippen LogP contribution in [0.4, 0.5) is 0 Å². The molecule has 0 saturated heterocycles. The lowest BCUT2D eigenvalue weighted by atomic mass is 10.0. The molecular weight excluding hydrogens is 454 g/mol. The number of rotatable bonds is 28. The fourth-order valence-electron chi connectivity index (χ4n) is 5.11. The van der Waals surface area contributed by atoms with Gasteiger partial charge in [0.05, 0.1) is 37.3 Å². The second kappa shape index (κ2) is 24.2. The molecule has 0 unspecified atom stereocenters. The fourth-order valence-corrected chi connectivity index (χ4v) is 5.59. The average molecular weight is 518 g/mol. The summed E-state index contributed by atoms with van der Waals surface area (Å²) in [6, 6.07) is 0. The number of hydrogen-bond donors (Lipinski definition) is 0. The van der Waals surface area contributed by atoms with Gasteiger partial charge in [0, 0.05) is 12.2 Å². The summed E-state index contributed by atoms with van der Waals surface area (Å²) < 4.78 is 33.0. The minimum absolute atomic E-state index is 0.228. The van der Waals surface area contributed by atoms with E-state index in [1.165, 1.54) is 148 Å². The molecule has 0 spiro atoms. The molecule has 0 heterocycles. The van der Waals surface area contributed by atoms with Crippen molar-refractivity contribution >= 4 is 10.1 Å². The molecule has 0 atom stereocenters. The van der Waals surface area contributed by atoms with Gasteiger partial charge in [0.25, 0.3) is 0 Å². The highest BCUT2D eigenvalue weighted by atomic mass is 32.2. The lowest BCUT2D eigenvalue weighted by Crippen LogP contribution is -2.41. The van der Waals surface area contributed by atoms with Crippen LogP contribution in [0.15, 0.2) is 0 Å². The number of unbranched alkanes of at least 4 members (excludes halogenated alkanes) is 22. The first-order valence-electron chi connectivity index (χ1n) is 15.5. The zero-order valence-corrected chi connectivity index (χ0v) is 25.0. The molecule has 0 bridgehead atoms. The lowest BCUT2D eigenvalue weighted by molar-refractivity contribution is -0.890. The summed E-state index contributed by atoms with van der Waals surface area (Å²) in [5.41, 5.74) is 0.